The van der Waals surface area contributed by atoms with E-state index in [1.807, 2.05) is 12.1 Å². The van der Waals surface area contributed by atoms with Gasteiger partial charge in [-0.05, 0) is 139 Å². The molecule has 296 valence electrons. The standard InChI is InChI=1S/C48H52F2N4O3/c49-48(50)42-30-53(23-22-47(42,48)35-9-11-36(12-10-35)51-41-18-19-43(56)52-45(41)57)29-31-27-46(28-31)20-24-54(25-21-46)37-13-6-33(7-14-37)44-39(32-4-2-1-3-5-32)16-8-34-26-38(55)15-17-40(34)44/h1-7,9-15,17,26,31,39,41-42,44,51,55H,8,16,18-25,27-30H2,(H,52,56,57)/t39-,41-,42+,44+,47+/m1/s1. The number of imide groups is 1. The van der Waals surface area contributed by atoms with Crippen molar-refractivity contribution in [1.29, 1.82) is 0 Å². The van der Waals surface area contributed by atoms with Crippen LogP contribution in [0.25, 0.3) is 0 Å². The Morgan fingerprint density at radius 2 is 1.56 bits per heavy atom. The van der Waals surface area contributed by atoms with E-state index in [1.54, 1.807) is 24.3 Å². The van der Waals surface area contributed by atoms with Gasteiger partial charge in [-0.15, -0.1) is 0 Å². The van der Waals surface area contributed by atoms with Gasteiger partial charge in [0.15, 0.2) is 0 Å². The largest absolute Gasteiger partial charge is 0.508 e. The van der Waals surface area contributed by atoms with Gasteiger partial charge in [0, 0.05) is 49.9 Å². The lowest BCUT2D eigenvalue weighted by Gasteiger charge is -2.54. The third-order valence-corrected chi connectivity index (χ3v) is 15.0. The van der Waals surface area contributed by atoms with Crippen LogP contribution in [0.4, 0.5) is 20.2 Å². The van der Waals surface area contributed by atoms with E-state index in [9.17, 15) is 14.7 Å². The van der Waals surface area contributed by atoms with Gasteiger partial charge in [0.2, 0.25) is 11.8 Å². The highest BCUT2D eigenvalue weighted by atomic mass is 19.3. The molecule has 5 atom stereocenters. The van der Waals surface area contributed by atoms with Crippen molar-refractivity contribution in [2.24, 2.45) is 17.3 Å². The summed E-state index contributed by atoms with van der Waals surface area (Å²) in [5, 5.41) is 15.7. The fraction of sp³-hybridized carbons (Fsp3) is 0.458. The van der Waals surface area contributed by atoms with E-state index in [0.717, 1.165) is 32.5 Å². The molecule has 5 fully saturated rings. The molecular formula is C48H52F2N4O3. The Morgan fingerprint density at radius 1 is 0.807 bits per heavy atom. The predicted octanol–water partition coefficient (Wildman–Crippen LogP) is 8.38. The number of piperidine rings is 3. The van der Waals surface area contributed by atoms with Crippen molar-refractivity contribution in [2.75, 3.05) is 42.9 Å². The number of amides is 2. The average molecular weight is 771 g/mol. The van der Waals surface area contributed by atoms with E-state index in [-0.39, 0.29) is 24.2 Å². The lowest BCUT2D eigenvalue weighted by molar-refractivity contribution is -0.133. The maximum atomic E-state index is 15.6. The Bertz CT molecular complexity index is 2140. The van der Waals surface area contributed by atoms with Gasteiger partial charge < -0.3 is 20.2 Å². The van der Waals surface area contributed by atoms with E-state index in [2.05, 4.69) is 81.1 Å². The monoisotopic (exact) mass is 770 g/mol. The van der Waals surface area contributed by atoms with Crippen LogP contribution in [0.3, 0.4) is 0 Å². The number of hydrogen-bond donors (Lipinski definition) is 3. The van der Waals surface area contributed by atoms with Crippen LogP contribution >= 0.6 is 0 Å². The van der Waals surface area contributed by atoms with Gasteiger partial charge in [-0.3, -0.25) is 14.9 Å². The number of aromatic hydroxyl groups is 1. The fourth-order valence-electron chi connectivity index (χ4n) is 11.9. The number of carbonyl (C=O) groups is 2. The number of hydrogen-bond acceptors (Lipinski definition) is 6. The number of likely N-dealkylation sites (tertiary alicyclic amines) is 1. The lowest BCUT2D eigenvalue weighted by atomic mass is 9.57. The number of halogens is 2. The zero-order valence-corrected chi connectivity index (χ0v) is 32.4. The minimum Gasteiger partial charge on any atom is -0.508 e. The zero-order valence-electron chi connectivity index (χ0n) is 32.4. The van der Waals surface area contributed by atoms with Crippen molar-refractivity contribution in [3.8, 4) is 5.75 Å². The summed E-state index contributed by atoms with van der Waals surface area (Å²) in [6.07, 6.45) is 7.93. The molecule has 3 aliphatic heterocycles. The number of alkyl halides is 2. The molecule has 4 aromatic carbocycles. The van der Waals surface area contributed by atoms with E-state index in [0.29, 0.717) is 60.2 Å². The third kappa shape index (κ3) is 6.41. The first-order valence-electron chi connectivity index (χ1n) is 21.1. The maximum Gasteiger partial charge on any atom is 0.263 e. The second-order valence-corrected chi connectivity index (χ2v) is 18.2. The summed E-state index contributed by atoms with van der Waals surface area (Å²) >= 11 is 0. The normalized spacial score (nSPS) is 29.2. The average Bonchev–Trinajstić information content (AvgIpc) is 3.72. The third-order valence-electron chi connectivity index (χ3n) is 15.0. The molecule has 10 rings (SSSR count). The number of aryl methyl sites for hydroxylation is 1. The van der Waals surface area contributed by atoms with E-state index in [4.69, 9.17) is 0 Å². The summed E-state index contributed by atoms with van der Waals surface area (Å²) in [4.78, 5) is 28.5. The second-order valence-electron chi connectivity index (χ2n) is 18.2. The van der Waals surface area contributed by atoms with Crippen LogP contribution in [-0.4, -0.2) is 66.5 Å². The van der Waals surface area contributed by atoms with Crippen LogP contribution in [0.1, 0.15) is 91.0 Å². The molecule has 9 heteroatoms. The van der Waals surface area contributed by atoms with Gasteiger partial charge in [-0.1, -0.05) is 60.7 Å². The van der Waals surface area contributed by atoms with Crippen molar-refractivity contribution in [3.05, 3.63) is 125 Å². The number of rotatable bonds is 8. The number of phenols is 1. The van der Waals surface area contributed by atoms with Crippen molar-refractivity contribution >= 4 is 23.2 Å². The maximum absolute atomic E-state index is 15.6. The highest BCUT2D eigenvalue weighted by Crippen LogP contribution is 2.70. The first-order chi connectivity index (χ1) is 27.6. The molecule has 0 unspecified atom stereocenters. The first-order valence-corrected chi connectivity index (χ1v) is 21.1. The molecule has 57 heavy (non-hydrogen) atoms. The van der Waals surface area contributed by atoms with Gasteiger partial charge >= 0.3 is 0 Å². The van der Waals surface area contributed by atoms with Crippen LogP contribution in [-0.2, 0) is 21.4 Å². The number of phenolic OH excluding ortho intramolecular Hbond substituents is 1. The molecule has 6 aliphatic rings. The van der Waals surface area contributed by atoms with E-state index in [1.165, 1.54) is 53.6 Å². The van der Waals surface area contributed by atoms with Crippen LogP contribution < -0.4 is 15.5 Å². The summed E-state index contributed by atoms with van der Waals surface area (Å²) < 4.78 is 31.2. The number of benzene rings is 4. The van der Waals surface area contributed by atoms with Gasteiger partial charge in [0.1, 0.15) is 11.8 Å². The molecule has 3 N–H and O–H groups in total. The van der Waals surface area contributed by atoms with E-state index >= 15 is 8.78 Å². The summed E-state index contributed by atoms with van der Waals surface area (Å²) in [6.45, 7) is 4.14. The number of carbonyl (C=O) groups excluding carboxylic acids is 2. The summed E-state index contributed by atoms with van der Waals surface area (Å²) in [6, 6.07) is 32.8. The molecule has 3 aliphatic carbocycles. The van der Waals surface area contributed by atoms with Crippen LogP contribution in [0.5, 0.6) is 5.75 Å². The highest BCUT2D eigenvalue weighted by molar-refractivity contribution is 6.01. The SMILES string of the molecule is O=C1CC[C@@H](Nc2ccc([C@@]34CCN(CC5CC6(CCN(c7ccc([C@@H]8c9ccc(O)cc9CC[C@@H]8c8ccccc8)cc7)CC6)C5)C[C@@H]3C4(F)F)cc2)C(=O)N1. The molecule has 1 spiro atoms. The molecular weight excluding hydrogens is 719 g/mol. The number of anilines is 2. The van der Waals surface area contributed by atoms with E-state index < -0.39 is 23.3 Å². The fourth-order valence-corrected chi connectivity index (χ4v) is 11.9. The molecule has 7 nitrogen and oxygen atoms in total. The minimum absolute atomic E-state index is 0.243. The molecule has 2 amide bonds. The molecule has 0 bridgehead atoms. The Balaban J connectivity index is 0.727. The molecule has 4 aromatic rings. The number of nitrogens with zero attached hydrogens (tertiary/aromatic N) is 2. The predicted molar refractivity (Wildman–Crippen MR) is 218 cm³/mol. The molecule has 0 radical (unpaired) electrons. The Hall–Kier alpha value is -4.76. The molecule has 2 saturated carbocycles. The summed E-state index contributed by atoms with van der Waals surface area (Å²) in [5.41, 5.74) is 7.22. The molecule has 0 aromatic heterocycles. The highest BCUT2D eigenvalue weighted by Gasteiger charge is 2.81. The van der Waals surface area contributed by atoms with Crippen molar-refractivity contribution in [3.63, 3.8) is 0 Å². The van der Waals surface area contributed by atoms with Gasteiger partial charge in [0.25, 0.3) is 5.92 Å². The first kappa shape index (κ1) is 36.6. The summed E-state index contributed by atoms with van der Waals surface area (Å²) in [5.74, 6) is -2.45. The number of fused-ring (bicyclic) bond motifs is 2. The number of nitrogens with one attached hydrogen (secondary N) is 2. The second kappa shape index (κ2) is 14.0. The topological polar surface area (TPSA) is 84.9 Å². The van der Waals surface area contributed by atoms with Crippen LogP contribution in [0, 0.1) is 17.3 Å². The Morgan fingerprint density at radius 3 is 2.28 bits per heavy atom. The lowest BCUT2D eigenvalue weighted by Crippen LogP contribution is -2.50. The van der Waals surface area contributed by atoms with Crippen molar-refractivity contribution < 1.29 is 23.5 Å². The summed E-state index contributed by atoms with van der Waals surface area (Å²) in [7, 11) is 0. The van der Waals surface area contributed by atoms with Crippen molar-refractivity contribution in [1.82, 2.24) is 10.2 Å². The molecule has 3 saturated heterocycles. The Kier molecular flexibility index (Phi) is 8.96. The minimum atomic E-state index is -2.72. The quantitative estimate of drug-likeness (QED) is 0.156. The van der Waals surface area contributed by atoms with Crippen LogP contribution in [0.2, 0.25) is 0 Å². The Labute approximate surface area is 333 Å². The van der Waals surface area contributed by atoms with Gasteiger partial charge in [-0.25, -0.2) is 8.78 Å². The zero-order chi connectivity index (χ0) is 38.9. The smallest absolute Gasteiger partial charge is 0.263 e. The molecule has 3 heterocycles. The van der Waals surface area contributed by atoms with Crippen molar-refractivity contribution in [2.45, 2.75) is 87.0 Å². The van der Waals surface area contributed by atoms with Gasteiger partial charge in [-0.2, -0.15) is 0 Å². The van der Waals surface area contributed by atoms with Gasteiger partial charge in [0.05, 0.1) is 11.3 Å². The van der Waals surface area contributed by atoms with Crippen LogP contribution in [0.15, 0.2) is 97.1 Å².